The number of nitrogens with one attached hydrogen (secondary N) is 1. The topological polar surface area (TPSA) is 138 Å². The van der Waals surface area contributed by atoms with Crippen LogP contribution in [0, 0.1) is 13.8 Å². The Morgan fingerprint density at radius 1 is 1.09 bits per heavy atom. The number of anilines is 1. The van der Waals surface area contributed by atoms with Crippen LogP contribution in [0.25, 0.3) is 17.2 Å². The zero-order valence-corrected chi connectivity index (χ0v) is 19.0. The Morgan fingerprint density at radius 2 is 1.85 bits per heavy atom. The van der Waals surface area contributed by atoms with Gasteiger partial charge in [0.25, 0.3) is 5.56 Å². The summed E-state index contributed by atoms with van der Waals surface area (Å²) in [6.07, 6.45) is 1.85. The highest BCUT2D eigenvalue weighted by atomic mass is 16.5. The molecule has 0 aliphatic heterocycles. The summed E-state index contributed by atoms with van der Waals surface area (Å²) in [5.74, 6) is 0.305. The van der Waals surface area contributed by atoms with Crippen molar-refractivity contribution in [2.75, 3.05) is 5.32 Å². The van der Waals surface area contributed by atoms with E-state index >= 15 is 0 Å². The van der Waals surface area contributed by atoms with Crippen molar-refractivity contribution in [1.29, 1.82) is 0 Å². The molecule has 4 aromatic rings. The molecule has 4 rings (SSSR count). The Labute approximate surface area is 194 Å². The number of pyridine rings is 1. The van der Waals surface area contributed by atoms with E-state index in [1.807, 2.05) is 32.0 Å². The Hall–Kier alpha value is -4.41. The van der Waals surface area contributed by atoms with Gasteiger partial charge in [-0.3, -0.25) is 14.2 Å². The van der Waals surface area contributed by atoms with Crippen molar-refractivity contribution in [3.63, 3.8) is 0 Å². The van der Waals surface area contributed by atoms with Gasteiger partial charge in [-0.15, -0.1) is 0 Å². The Morgan fingerprint density at radius 3 is 2.56 bits per heavy atom. The van der Waals surface area contributed by atoms with Crippen molar-refractivity contribution in [1.82, 2.24) is 29.5 Å². The molecule has 0 saturated carbocycles. The molecule has 0 unspecified atom stereocenters. The van der Waals surface area contributed by atoms with Gasteiger partial charge in [0.2, 0.25) is 17.6 Å². The molecular weight excluding hydrogens is 438 g/mol. The SMILES string of the molecule is CCn1c(=O)c(-c2noc(CCC(=O)Nc3cc(C)ccn3)n2)nn(-c2ccc(C)cc2)c1=O. The number of carbonyl (C=O) groups excluding carboxylic acids is 1. The van der Waals surface area contributed by atoms with Crippen LogP contribution in [0.5, 0.6) is 0 Å². The predicted molar refractivity (Wildman–Crippen MR) is 124 cm³/mol. The minimum Gasteiger partial charge on any atom is -0.339 e. The second kappa shape index (κ2) is 9.61. The van der Waals surface area contributed by atoms with Gasteiger partial charge in [0.05, 0.1) is 5.69 Å². The van der Waals surface area contributed by atoms with Gasteiger partial charge in [-0.1, -0.05) is 22.9 Å². The highest BCUT2D eigenvalue weighted by molar-refractivity contribution is 5.89. The van der Waals surface area contributed by atoms with Gasteiger partial charge < -0.3 is 9.84 Å². The third-order valence-electron chi connectivity index (χ3n) is 5.08. The summed E-state index contributed by atoms with van der Waals surface area (Å²) in [6.45, 7) is 5.67. The maximum Gasteiger partial charge on any atom is 0.352 e. The smallest absolute Gasteiger partial charge is 0.339 e. The molecule has 174 valence electrons. The summed E-state index contributed by atoms with van der Waals surface area (Å²) in [6, 6.07) is 10.7. The lowest BCUT2D eigenvalue weighted by Gasteiger charge is -2.09. The first-order chi connectivity index (χ1) is 16.4. The maximum absolute atomic E-state index is 12.9. The van der Waals surface area contributed by atoms with Gasteiger partial charge in [-0.05, 0) is 50.6 Å². The minimum absolute atomic E-state index is 0.0520. The van der Waals surface area contributed by atoms with Crippen molar-refractivity contribution in [3.8, 4) is 17.2 Å². The van der Waals surface area contributed by atoms with E-state index in [9.17, 15) is 14.4 Å². The summed E-state index contributed by atoms with van der Waals surface area (Å²) in [7, 11) is 0. The number of aromatic nitrogens is 6. The molecule has 0 bridgehead atoms. The summed E-state index contributed by atoms with van der Waals surface area (Å²) >= 11 is 0. The van der Waals surface area contributed by atoms with Crippen LogP contribution in [0.3, 0.4) is 0 Å². The fourth-order valence-electron chi connectivity index (χ4n) is 3.27. The molecule has 0 atom stereocenters. The molecule has 11 nitrogen and oxygen atoms in total. The maximum atomic E-state index is 12.9. The van der Waals surface area contributed by atoms with Gasteiger partial charge in [0.15, 0.2) is 5.69 Å². The van der Waals surface area contributed by atoms with E-state index in [1.54, 1.807) is 31.3 Å². The van der Waals surface area contributed by atoms with Crippen LogP contribution in [0.4, 0.5) is 5.82 Å². The summed E-state index contributed by atoms with van der Waals surface area (Å²) in [5.41, 5.74) is 1.20. The first-order valence-electron chi connectivity index (χ1n) is 10.7. The lowest BCUT2D eigenvalue weighted by atomic mass is 10.2. The number of aryl methyl sites for hydroxylation is 3. The molecule has 0 fully saturated rings. The molecule has 0 aliphatic rings. The zero-order valence-electron chi connectivity index (χ0n) is 19.0. The fraction of sp³-hybridized carbons (Fsp3) is 0.261. The number of nitrogens with zero attached hydrogens (tertiary/aromatic N) is 6. The largest absolute Gasteiger partial charge is 0.352 e. The van der Waals surface area contributed by atoms with Crippen LogP contribution >= 0.6 is 0 Å². The monoisotopic (exact) mass is 461 g/mol. The molecule has 3 heterocycles. The normalized spacial score (nSPS) is 10.9. The summed E-state index contributed by atoms with van der Waals surface area (Å²) < 4.78 is 7.42. The number of amides is 1. The molecule has 3 aromatic heterocycles. The van der Waals surface area contributed by atoms with Crippen molar-refractivity contribution < 1.29 is 9.32 Å². The lowest BCUT2D eigenvalue weighted by Crippen LogP contribution is -2.41. The van der Waals surface area contributed by atoms with Crippen LogP contribution in [-0.4, -0.2) is 35.4 Å². The molecular formula is C23H23N7O4. The van der Waals surface area contributed by atoms with E-state index < -0.39 is 11.2 Å². The molecule has 0 saturated heterocycles. The van der Waals surface area contributed by atoms with Crippen LogP contribution in [0.15, 0.2) is 56.7 Å². The molecule has 11 heteroatoms. The van der Waals surface area contributed by atoms with Gasteiger partial charge in [-0.25, -0.2) is 9.78 Å². The zero-order chi connectivity index (χ0) is 24.2. The highest BCUT2D eigenvalue weighted by Gasteiger charge is 2.20. The molecule has 0 radical (unpaired) electrons. The first-order valence-corrected chi connectivity index (χ1v) is 10.7. The number of benzene rings is 1. The van der Waals surface area contributed by atoms with E-state index in [-0.39, 0.29) is 42.7 Å². The molecule has 1 amide bonds. The third-order valence-corrected chi connectivity index (χ3v) is 5.08. The third kappa shape index (κ3) is 4.82. The first kappa shape index (κ1) is 22.8. The van der Waals surface area contributed by atoms with Crippen molar-refractivity contribution in [2.45, 2.75) is 40.2 Å². The van der Waals surface area contributed by atoms with Gasteiger partial charge in [-0.2, -0.15) is 14.8 Å². The molecule has 1 N–H and O–H groups in total. The number of rotatable bonds is 7. The van der Waals surface area contributed by atoms with Crippen LogP contribution in [-0.2, 0) is 17.8 Å². The highest BCUT2D eigenvalue weighted by Crippen LogP contribution is 2.12. The van der Waals surface area contributed by atoms with E-state index in [0.717, 1.165) is 20.4 Å². The minimum atomic E-state index is -0.619. The predicted octanol–water partition coefficient (Wildman–Crippen LogP) is 2.05. The van der Waals surface area contributed by atoms with Gasteiger partial charge >= 0.3 is 5.69 Å². The molecule has 0 spiro atoms. The van der Waals surface area contributed by atoms with E-state index in [1.165, 1.54) is 0 Å². The average molecular weight is 461 g/mol. The van der Waals surface area contributed by atoms with Crippen LogP contribution < -0.4 is 16.6 Å². The van der Waals surface area contributed by atoms with Crippen molar-refractivity contribution in [3.05, 3.63) is 80.5 Å². The number of carbonyl (C=O) groups is 1. The molecule has 34 heavy (non-hydrogen) atoms. The quantitative estimate of drug-likeness (QED) is 0.441. The number of hydrogen-bond acceptors (Lipinski definition) is 8. The van der Waals surface area contributed by atoms with Crippen LogP contribution in [0.2, 0.25) is 0 Å². The van der Waals surface area contributed by atoms with E-state index in [4.69, 9.17) is 4.52 Å². The number of hydrogen-bond donors (Lipinski definition) is 1. The fourth-order valence-corrected chi connectivity index (χ4v) is 3.27. The van der Waals surface area contributed by atoms with Gasteiger partial charge in [0.1, 0.15) is 5.82 Å². The second-order valence-corrected chi connectivity index (χ2v) is 7.71. The Balaban J connectivity index is 1.57. The van der Waals surface area contributed by atoms with Crippen molar-refractivity contribution >= 4 is 11.7 Å². The van der Waals surface area contributed by atoms with Crippen molar-refractivity contribution in [2.24, 2.45) is 0 Å². The summed E-state index contributed by atoms with van der Waals surface area (Å²) in [5, 5.41) is 10.8. The lowest BCUT2D eigenvalue weighted by molar-refractivity contribution is -0.116. The second-order valence-electron chi connectivity index (χ2n) is 7.71. The summed E-state index contributed by atoms with van der Waals surface area (Å²) in [4.78, 5) is 46.2. The molecule has 0 aliphatic carbocycles. The molecule has 1 aromatic carbocycles. The van der Waals surface area contributed by atoms with Crippen LogP contribution in [0.1, 0.15) is 30.4 Å². The van der Waals surface area contributed by atoms with E-state index in [2.05, 4.69) is 25.5 Å². The van der Waals surface area contributed by atoms with Gasteiger partial charge in [0, 0.05) is 25.6 Å². The Bertz CT molecular complexity index is 1450. The Kier molecular flexibility index (Phi) is 6.44. The average Bonchev–Trinajstić information content (AvgIpc) is 3.28. The standard InChI is InChI=1S/C23H23N7O4/c1-4-29-22(32)20(27-30(23(29)33)16-7-5-14(2)6-8-16)21-26-19(34-28-21)10-9-18(31)25-17-13-15(3)11-12-24-17/h5-8,11-13H,4,9-10H2,1-3H3,(H,24,25,31). The van der Waals surface area contributed by atoms with E-state index in [0.29, 0.717) is 11.5 Å².